The number of hydrogen-bond acceptors (Lipinski definition) is 4. The van der Waals surface area contributed by atoms with E-state index in [1.807, 2.05) is 20.8 Å². The fraction of sp³-hybridized carbons (Fsp3) is 0.333. The molecule has 1 atom stereocenters. The van der Waals surface area contributed by atoms with Crippen molar-refractivity contribution in [3.8, 4) is 5.75 Å². The summed E-state index contributed by atoms with van der Waals surface area (Å²) in [4.78, 5) is 24.2. The zero-order valence-electron chi connectivity index (χ0n) is 15.9. The summed E-state index contributed by atoms with van der Waals surface area (Å²) in [7, 11) is 0. The summed E-state index contributed by atoms with van der Waals surface area (Å²) in [5.41, 5.74) is 2.06. The van der Waals surface area contributed by atoms with Crippen molar-refractivity contribution >= 4 is 29.2 Å². The highest BCUT2D eigenvalue weighted by Gasteiger charge is 2.17. The van der Waals surface area contributed by atoms with E-state index in [1.165, 1.54) is 0 Å². The molecule has 0 saturated carbocycles. The van der Waals surface area contributed by atoms with Crippen LogP contribution in [0.15, 0.2) is 42.5 Å². The van der Waals surface area contributed by atoms with Gasteiger partial charge in [-0.15, -0.1) is 0 Å². The Hall–Kier alpha value is -2.53. The van der Waals surface area contributed by atoms with Gasteiger partial charge in [0, 0.05) is 16.3 Å². The Balaban J connectivity index is 1.95. The van der Waals surface area contributed by atoms with Crippen LogP contribution in [0, 0.1) is 12.8 Å². The lowest BCUT2D eigenvalue weighted by atomic mass is 10.1. The van der Waals surface area contributed by atoms with Gasteiger partial charge in [-0.3, -0.25) is 4.79 Å². The van der Waals surface area contributed by atoms with Gasteiger partial charge in [0.05, 0.1) is 6.61 Å². The number of nitrogens with one attached hydrogen (secondary N) is 1. The molecule has 0 unspecified atom stereocenters. The number of ether oxygens (including phenoxy) is 2. The molecule has 1 amide bonds. The Morgan fingerprint density at radius 2 is 1.74 bits per heavy atom. The van der Waals surface area contributed by atoms with Crippen LogP contribution >= 0.6 is 11.6 Å². The van der Waals surface area contributed by atoms with Crippen LogP contribution in [-0.2, 0) is 9.53 Å². The first-order valence-electron chi connectivity index (χ1n) is 8.77. The van der Waals surface area contributed by atoms with Gasteiger partial charge in [-0.25, -0.2) is 4.79 Å². The second-order valence-corrected chi connectivity index (χ2v) is 7.16. The Labute approximate surface area is 164 Å². The number of benzene rings is 2. The molecule has 27 heavy (non-hydrogen) atoms. The molecule has 0 spiro atoms. The molecule has 2 rings (SSSR count). The molecule has 0 aromatic heterocycles. The third kappa shape index (κ3) is 6.29. The number of anilines is 1. The number of hydrogen-bond donors (Lipinski definition) is 1. The van der Waals surface area contributed by atoms with E-state index >= 15 is 0 Å². The summed E-state index contributed by atoms with van der Waals surface area (Å²) < 4.78 is 10.7. The Morgan fingerprint density at radius 3 is 2.33 bits per heavy atom. The highest BCUT2D eigenvalue weighted by atomic mass is 35.5. The summed E-state index contributed by atoms with van der Waals surface area (Å²) in [6.07, 6.45) is -0.722. The molecule has 0 bridgehead atoms. The van der Waals surface area contributed by atoms with E-state index in [1.54, 1.807) is 49.4 Å². The van der Waals surface area contributed by atoms with Crippen LogP contribution in [-0.4, -0.2) is 24.6 Å². The highest BCUT2D eigenvalue weighted by molar-refractivity contribution is 6.30. The normalized spacial score (nSPS) is 11.8. The number of carbonyl (C=O) groups is 2. The predicted octanol–water partition coefficient (Wildman–Crippen LogP) is 4.87. The van der Waals surface area contributed by atoms with Crippen LogP contribution in [0.2, 0.25) is 5.02 Å². The molecule has 144 valence electrons. The van der Waals surface area contributed by atoms with Crippen molar-refractivity contribution in [3.05, 3.63) is 58.6 Å². The summed E-state index contributed by atoms with van der Waals surface area (Å²) >= 11 is 5.93. The van der Waals surface area contributed by atoms with E-state index in [9.17, 15) is 9.59 Å². The minimum absolute atomic E-state index is 0.239. The van der Waals surface area contributed by atoms with Gasteiger partial charge < -0.3 is 14.8 Å². The van der Waals surface area contributed by atoms with Gasteiger partial charge in [0.15, 0.2) is 6.10 Å². The molecule has 2 aromatic rings. The summed E-state index contributed by atoms with van der Waals surface area (Å²) in [6, 6.07) is 11.8. The monoisotopic (exact) mass is 389 g/mol. The van der Waals surface area contributed by atoms with Crippen molar-refractivity contribution in [2.75, 3.05) is 11.9 Å². The molecule has 6 heteroatoms. The third-order valence-corrected chi connectivity index (χ3v) is 3.99. The maximum atomic E-state index is 12.4. The highest BCUT2D eigenvalue weighted by Crippen LogP contribution is 2.21. The molecule has 0 heterocycles. The minimum atomic E-state index is -0.722. The van der Waals surface area contributed by atoms with E-state index in [0.717, 1.165) is 5.56 Å². The second kappa shape index (κ2) is 9.42. The van der Waals surface area contributed by atoms with Crippen LogP contribution < -0.4 is 10.1 Å². The quantitative estimate of drug-likeness (QED) is 0.686. The van der Waals surface area contributed by atoms with E-state index in [-0.39, 0.29) is 11.8 Å². The molecule has 0 aliphatic heterocycles. The Kier molecular flexibility index (Phi) is 7.25. The van der Waals surface area contributed by atoms with Crippen LogP contribution in [0.4, 0.5) is 5.69 Å². The van der Waals surface area contributed by atoms with Gasteiger partial charge in [-0.05, 0) is 67.8 Å². The van der Waals surface area contributed by atoms with Crippen molar-refractivity contribution in [2.45, 2.75) is 33.8 Å². The lowest BCUT2D eigenvalue weighted by molar-refractivity contribution is -0.152. The molecule has 0 fully saturated rings. The maximum absolute atomic E-state index is 12.4. The first-order chi connectivity index (χ1) is 12.8. The standard InChI is InChI=1S/C21H24ClNO4/c1-13(2)12-26-21(25)15(4)27-18-8-5-16(6-9-18)20(24)23-19-10-7-17(22)11-14(19)3/h5-11,13,15H,12H2,1-4H3,(H,23,24)/t15-/m1/s1. The third-order valence-electron chi connectivity index (χ3n) is 3.76. The zero-order valence-corrected chi connectivity index (χ0v) is 16.7. The number of halogens is 1. The van der Waals surface area contributed by atoms with Crippen molar-refractivity contribution in [1.82, 2.24) is 0 Å². The fourth-order valence-corrected chi connectivity index (χ4v) is 2.49. The first kappa shape index (κ1) is 20.8. The SMILES string of the molecule is Cc1cc(Cl)ccc1NC(=O)c1ccc(O[C@H](C)C(=O)OCC(C)C)cc1. The largest absolute Gasteiger partial charge is 0.479 e. The van der Waals surface area contributed by atoms with Gasteiger partial charge in [-0.1, -0.05) is 25.4 Å². The first-order valence-corrected chi connectivity index (χ1v) is 9.15. The van der Waals surface area contributed by atoms with Crippen molar-refractivity contribution in [1.29, 1.82) is 0 Å². The molecule has 5 nitrogen and oxygen atoms in total. The molecule has 0 saturated heterocycles. The van der Waals surface area contributed by atoms with E-state index < -0.39 is 12.1 Å². The topological polar surface area (TPSA) is 64.6 Å². The van der Waals surface area contributed by atoms with Crippen LogP contribution in [0.25, 0.3) is 0 Å². The van der Waals surface area contributed by atoms with Gasteiger partial charge in [0.1, 0.15) is 5.75 Å². The number of aryl methyl sites for hydroxylation is 1. The summed E-state index contributed by atoms with van der Waals surface area (Å²) in [6.45, 7) is 7.79. The summed E-state index contributed by atoms with van der Waals surface area (Å²) in [5.74, 6) is 0.103. The molecule has 2 aromatic carbocycles. The van der Waals surface area contributed by atoms with Gasteiger partial charge in [0.2, 0.25) is 0 Å². The summed E-state index contributed by atoms with van der Waals surface area (Å²) in [5, 5.41) is 3.47. The maximum Gasteiger partial charge on any atom is 0.347 e. The molecular formula is C21H24ClNO4. The lowest BCUT2D eigenvalue weighted by Crippen LogP contribution is -2.27. The molecular weight excluding hydrogens is 366 g/mol. The number of carbonyl (C=O) groups excluding carboxylic acids is 2. The van der Waals surface area contributed by atoms with Crippen molar-refractivity contribution < 1.29 is 19.1 Å². The zero-order chi connectivity index (χ0) is 20.0. The lowest BCUT2D eigenvalue weighted by Gasteiger charge is -2.15. The smallest absolute Gasteiger partial charge is 0.347 e. The average Bonchev–Trinajstić information content (AvgIpc) is 2.62. The molecule has 0 radical (unpaired) electrons. The minimum Gasteiger partial charge on any atom is -0.479 e. The average molecular weight is 390 g/mol. The fourth-order valence-electron chi connectivity index (χ4n) is 2.27. The molecule has 0 aliphatic carbocycles. The molecule has 0 aliphatic rings. The number of amides is 1. The van der Waals surface area contributed by atoms with E-state index in [4.69, 9.17) is 21.1 Å². The van der Waals surface area contributed by atoms with Gasteiger partial charge in [-0.2, -0.15) is 0 Å². The predicted molar refractivity (Wildman–Crippen MR) is 106 cm³/mol. The van der Waals surface area contributed by atoms with Crippen LogP contribution in [0.3, 0.4) is 0 Å². The van der Waals surface area contributed by atoms with Crippen LogP contribution in [0.5, 0.6) is 5.75 Å². The second-order valence-electron chi connectivity index (χ2n) is 6.72. The Morgan fingerprint density at radius 1 is 1.07 bits per heavy atom. The van der Waals surface area contributed by atoms with Crippen molar-refractivity contribution in [2.24, 2.45) is 5.92 Å². The van der Waals surface area contributed by atoms with E-state index in [0.29, 0.717) is 28.6 Å². The molecule has 1 N–H and O–H groups in total. The Bertz CT molecular complexity index is 802. The van der Waals surface area contributed by atoms with Gasteiger partial charge in [0.25, 0.3) is 5.91 Å². The van der Waals surface area contributed by atoms with E-state index in [2.05, 4.69) is 5.32 Å². The van der Waals surface area contributed by atoms with Crippen LogP contribution in [0.1, 0.15) is 36.7 Å². The number of rotatable bonds is 7. The number of esters is 1. The van der Waals surface area contributed by atoms with Crippen molar-refractivity contribution in [3.63, 3.8) is 0 Å². The van der Waals surface area contributed by atoms with Gasteiger partial charge >= 0.3 is 5.97 Å².